The molecule has 2 atom stereocenters. The molecule has 6 heteroatoms. The molecule has 0 spiro atoms. The first-order chi connectivity index (χ1) is 9.89. The molecule has 0 aliphatic heterocycles. The van der Waals surface area contributed by atoms with E-state index in [9.17, 15) is 8.42 Å². The monoisotopic (exact) mass is 319 g/mol. The molecule has 0 heterocycles. The van der Waals surface area contributed by atoms with Crippen molar-refractivity contribution in [1.82, 2.24) is 14.9 Å². The van der Waals surface area contributed by atoms with Crippen molar-refractivity contribution in [2.24, 2.45) is 0 Å². The van der Waals surface area contributed by atoms with E-state index >= 15 is 0 Å². The average Bonchev–Trinajstić information content (AvgIpc) is 3.24. The van der Waals surface area contributed by atoms with Gasteiger partial charge in [-0.2, -0.15) is 0 Å². The van der Waals surface area contributed by atoms with Crippen LogP contribution in [-0.2, 0) is 10.0 Å². The van der Waals surface area contributed by atoms with Crippen molar-refractivity contribution in [3.63, 3.8) is 0 Å². The summed E-state index contributed by atoms with van der Waals surface area (Å²) < 4.78 is 27.3. The molecule has 0 amide bonds. The molecular formula is C15H33N3O2S. The first-order valence-electron chi connectivity index (χ1n) is 8.35. The lowest BCUT2D eigenvalue weighted by molar-refractivity contribution is 0.293. The van der Waals surface area contributed by atoms with Crippen molar-refractivity contribution in [3.8, 4) is 0 Å². The molecule has 126 valence electrons. The Bertz CT molecular complexity index is 378. The van der Waals surface area contributed by atoms with E-state index in [2.05, 4.69) is 28.8 Å². The molecular weight excluding hydrogens is 286 g/mol. The molecule has 2 N–H and O–H groups in total. The first-order valence-corrected chi connectivity index (χ1v) is 9.90. The van der Waals surface area contributed by atoms with Gasteiger partial charge in [0.2, 0.25) is 10.0 Å². The van der Waals surface area contributed by atoms with E-state index in [0.717, 1.165) is 32.5 Å². The predicted octanol–water partition coefficient (Wildman–Crippen LogP) is 1.56. The summed E-state index contributed by atoms with van der Waals surface area (Å²) in [6.07, 6.45) is 4.28. The van der Waals surface area contributed by atoms with Crippen LogP contribution in [0.1, 0.15) is 53.4 Å². The van der Waals surface area contributed by atoms with Crippen LogP contribution >= 0.6 is 0 Å². The van der Waals surface area contributed by atoms with Gasteiger partial charge >= 0.3 is 0 Å². The van der Waals surface area contributed by atoms with Crippen molar-refractivity contribution in [3.05, 3.63) is 0 Å². The van der Waals surface area contributed by atoms with Gasteiger partial charge in [-0.05, 0) is 59.2 Å². The maximum Gasteiger partial charge on any atom is 0.215 e. The number of rotatable bonds is 12. The van der Waals surface area contributed by atoms with Crippen LogP contribution < -0.4 is 10.0 Å². The molecule has 1 rings (SSSR count). The summed E-state index contributed by atoms with van der Waals surface area (Å²) in [7, 11) is -3.22. The normalized spacial score (nSPS) is 18.9. The zero-order chi connectivity index (χ0) is 15.9. The van der Waals surface area contributed by atoms with Crippen molar-refractivity contribution < 1.29 is 8.42 Å². The largest absolute Gasteiger partial charge is 0.313 e. The van der Waals surface area contributed by atoms with Crippen LogP contribution in [0.25, 0.3) is 0 Å². The van der Waals surface area contributed by atoms with Crippen LogP contribution in [0.2, 0.25) is 0 Å². The van der Waals surface area contributed by atoms with E-state index in [0.29, 0.717) is 12.6 Å². The highest BCUT2D eigenvalue weighted by atomic mass is 32.2. The van der Waals surface area contributed by atoms with Crippen LogP contribution in [0.4, 0.5) is 0 Å². The minimum atomic E-state index is -3.22. The third kappa shape index (κ3) is 7.58. The first kappa shape index (κ1) is 18.9. The van der Waals surface area contributed by atoms with E-state index in [-0.39, 0.29) is 11.3 Å². The van der Waals surface area contributed by atoms with Crippen LogP contribution in [0.3, 0.4) is 0 Å². The summed E-state index contributed by atoms with van der Waals surface area (Å²) in [5.74, 6) is 0. The molecule has 0 aromatic heterocycles. The Morgan fingerprint density at radius 3 is 2.33 bits per heavy atom. The fourth-order valence-electron chi connectivity index (χ4n) is 2.35. The van der Waals surface area contributed by atoms with Gasteiger partial charge in [-0.25, -0.2) is 13.1 Å². The molecule has 1 aliphatic rings. The summed E-state index contributed by atoms with van der Waals surface area (Å²) in [6, 6.07) is 0.558. The van der Waals surface area contributed by atoms with Gasteiger partial charge in [-0.3, -0.25) is 0 Å². The highest BCUT2D eigenvalue weighted by Gasteiger charge is 2.26. The second-order valence-corrected chi connectivity index (χ2v) is 8.36. The average molecular weight is 320 g/mol. The maximum absolute atomic E-state index is 12.2. The molecule has 0 saturated heterocycles. The van der Waals surface area contributed by atoms with Gasteiger partial charge in [0.1, 0.15) is 0 Å². The van der Waals surface area contributed by atoms with Gasteiger partial charge in [0.05, 0.1) is 5.25 Å². The maximum atomic E-state index is 12.2. The van der Waals surface area contributed by atoms with Crippen LogP contribution in [0.15, 0.2) is 0 Å². The molecule has 1 aliphatic carbocycles. The summed E-state index contributed by atoms with van der Waals surface area (Å²) in [5.41, 5.74) is 0. The number of nitrogens with zero attached hydrogens (tertiary/aromatic N) is 1. The molecule has 0 bridgehead atoms. The van der Waals surface area contributed by atoms with Crippen LogP contribution in [-0.4, -0.2) is 56.8 Å². The van der Waals surface area contributed by atoms with E-state index in [4.69, 9.17) is 0 Å². The molecule has 1 fully saturated rings. The number of nitrogens with one attached hydrogen (secondary N) is 2. The third-order valence-corrected chi connectivity index (χ3v) is 6.13. The van der Waals surface area contributed by atoms with E-state index in [1.165, 1.54) is 12.8 Å². The molecule has 21 heavy (non-hydrogen) atoms. The molecule has 0 aromatic rings. The van der Waals surface area contributed by atoms with Crippen molar-refractivity contribution in [1.29, 1.82) is 0 Å². The van der Waals surface area contributed by atoms with Gasteiger partial charge in [-0.1, -0.05) is 13.8 Å². The van der Waals surface area contributed by atoms with Gasteiger partial charge in [-0.15, -0.1) is 0 Å². The highest BCUT2D eigenvalue weighted by Crippen LogP contribution is 2.18. The lowest BCUT2D eigenvalue weighted by atomic mass is 10.2. The number of hydrogen-bond donors (Lipinski definition) is 2. The smallest absolute Gasteiger partial charge is 0.215 e. The van der Waals surface area contributed by atoms with Crippen molar-refractivity contribution in [2.45, 2.75) is 70.7 Å². The van der Waals surface area contributed by atoms with Gasteiger partial charge in [0.25, 0.3) is 0 Å². The summed E-state index contributed by atoms with van der Waals surface area (Å²) >= 11 is 0. The Labute approximate surface area is 130 Å². The van der Waals surface area contributed by atoms with E-state index < -0.39 is 10.0 Å². The summed E-state index contributed by atoms with van der Waals surface area (Å²) in [4.78, 5) is 2.36. The Kier molecular flexibility index (Phi) is 8.16. The van der Waals surface area contributed by atoms with E-state index in [1.54, 1.807) is 6.92 Å². The molecule has 1 saturated carbocycles. The standard InChI is InChI=1S/C15H33N3O2S/c1-5-18(6-2)11-7-8-13(3)17-21(19,20)14(4)12-16-15-9-10-15/h13-17H,5-12H2,1-4H3. The second kappa shape index (κ2) is 9.08. The quantitative estimate of drug-likeness (QED) is 0.573. The lowest BCUT2D eigenvalue weighted by Crippen LogP contribution is -2.43. The van der Waals surface area contributed by atoms with Crippen molar-refractivity contribution in [2.75, 3.05) is 26.2 Å². The minimum Gasteiger partial charge on any atom is -0.313 e. The van der Waals surface area contributed by atoms with E-state index in [1.807, 2.05) is 6.92 Å². The predicted molar refractivity (Wildman–Crippen MR) is 89.0 cm³/mol. The number of sulfonamides is 1. The SMILES string of the molecule is CCN(CC)CCCC(C)NS(=O)(=O)C(C)CNC1CC1. The van der Waals surface area contributed by atoms with Gasteiger partial charge < -0.3 is 10.2 Å². The van der Waals surface area contributed by atoms with Crippen LogP contribution in [0.5, 0.6) is 0 Å². The Balaban J connectivity index is 2.25. The molecule has 0 radical (unpaired) electrons. The second-order valence-electron chi connectivity index (χ2n) is 6.23. The van der Waals surface area contributed by atoms with Gasteiger partial charge in [0.15, 0.2) is 0 Å². The molecule has 5 nitrogen and oxygen atoms in total. The van der Waals surface area contributed by atoms with Gasteiger partial charge in [0, 0.05) is 18.6 Å². The summed E-state index contributed by atoms with van der Waals surface area (Å²) in [6.45, 7) is 11.8. The third-order valence-electron chi connectivity index (χ3n) is 4.17. The highest BCUT2D eigenvalue weighted by molar-refractivity contribution is 7.90. The topological polar surface area (TPSA) is 61.4 Å². The minimum absolute atomic E-state index is 0.00828. The summed E-state index contributed by atoms with van der Waals surface area (Å²) in [5, 5.41) is 2.91. The Hall–Kier alpha value is -0.170. The molecule has 0 aromatic carbocycles. The fraction of sp³-hybridized carbons (Fsp3) is 1.00. The Morgan fingerprint density at radius 1 is 1.19 bits per heavy atom. The zero-order valence-corrected chi connectivity index (χ0v) is 14.9. The van der Waals surface area contributed by atoms with Crippen LogP contribution in [0, 0.1) is 0 Å². The lowest BCUT2D eigenvalue weighted by Gasteiger charge is -2.21. The molecule has 2 unspecified atom stereocenters. The zero-order valence-electron chi connectivity index (χ0n) is 14.1. The fourth-order valence-corrected chi connectivity index (χ4v) is 3.57. The van der Waals surface area contributed by atoms with Crippen molar-refractivity contribution >= 4 is 10.0 Å². The Morgan fingerprint density at radius 2 is 1.81 bits per heavy atom. The number of hydrogen-bond acceptors (Lipinski definition) is 4.